The topological polar surface area (TPSA) is 16.4 Å². The summed E-state index contributed by atoms with van der Waals surface area (Å²) < 4.78 is 9.27. The molecule has 10 rings (SSSR count). The molecule has 49 heavy (non-hydrogen) atoms. The SMILES string of the molecule is c1ccc(-c2ccc(N(c3ccc(-c4ccc5ccccc5c4)cc3)c3cccc4c3sc3ccccc34)c3c2oc2ccccc23)cc1. The lowest BCUT2D eigenvalue weighted by Crippen LogP contribution is -2.10. The minimum atomic E-state index is 0.883. The fourth-order valence-corrected chi connectivity index (χ4v) is 8.54. The molecule has 10 aromatic rings. The molecule has 0 aliphatic rings. The summed E-state index contributed by atoms with van der Waals surface area (Å²) in [6, 6.07) is 63.1. The zero-order valence-electron chi connectivity index (χ0n) is 26.5. The number of nitrogens with zero attached hydrogens (tertiary/aromatic N) is 1. The molecule has 0 aliphatic heterocycles. The van der Waals surface area contributed by atoms with Gasteiger partial charge in [0.2, 0.25) is 0 Å². The third-order valence-electron chi connectivity index (χ3n) is 9.66. The Hall–Kier alpha value is -6.16. The molecule has 0 N–H and O–H groups in total. The summed E-state index contributed by atoms with van der Waals surface area (Å²) in [7, 11) is 0. The maximum absolute atomic E-state index is 6.72. The molecule has 0 saturated heterocycles. The van der Waals surface area contributed by atoms with E-state index in [4.69, 9.17) is 4.42 Å². The second-order valence-electron chi connectivity index (χ2n) is 12.5. The minimum Gasteiger partial charge on any atom is -0.455 e. The van der Waals surface area contributed by atoms with E-state index in [0.717, 1.165) is 50.1 Å². The number of hydrogen-bond donors (Lipinski definition) is 0. The van der Waals surface area contributed by atoms with Gasteiger partial charge in [-0.05, 0) is 76.0 Å². The molecule has 0 aliphatic carbocycles. The Balaban J connectivity index is 1.23. The fraction of sp³-hybridized carbons (Fsp3) is 0. The highest BCUT2D eigenvalue weighted by atomic mass is 32.1. The maximum Gasteiger partial charge on any atom is 0.145 e. The van der Waals surface area contributed by atoms with Crippen LogP contribution in [-0.2, 0) is 0 Å². The van der Waals surface area contributed by atoms with Crippen LogP contribution in [0.25, 0.3) is 75.1 Å². The molecular formula is C46H29NOS. The molecule has 2 heterocycles. The average Bonchev–Trinajstić information content (AvgIpc) is 3.75. The highest BCUT2D eigenvalue weighted by Crippen LogP contribution is 2.49. The van der Waals surface area contributed by atoms with Gasteiger partial charge in [-0.25, -0.2) is 0 Å². The molecule has 2 nitrogen and oxygen atoms in total. The smallest absolute Gasteiger partial charge is 0.145 e. The molecule has 0 fully saturated rings. The number of benzene rings is 8. The number of hydrogen-bond acceptors (Lipinski definition) is 3. The Bertz CT molecular complexity index is 2830. The highest BCUT2D eigenvalue weighted by Gasteiger charge is 2.24. The summed E-state index contributed by atoms with van der Waals surface area (Å²) >= 11 is 1.85. The first kappa shape index (κ1) is 27.9. The standard InChI is InChI=1S/C46H29NOS/c1-2-12-32(13-3-1)36-27-28-40(44-39-16-6-8-19-42(39)48-45(36)44)47(41-18-10-17-38-37-15-7-9-20-43(37)49-46(38)41)35-25-23-31(24-26-35)34-22-21-30-11-4-5-14-33(30)29-34/h1-29H. The van der Waals surface area contributed by atoms with Gasteiger partial charge in [-0.3, -0.25) is 0 Å². The first-order valence-electron chi connectivity index (χ1n) is 16.6. The number of fused-ring (bicyclic) bond motifs is 7. The lowest BCUT2D eigenvalue weighted by atomic mass is 9.99. The van der Waals surface area contributed by atoms with Gasteiger partial charge in [-0.1, -0.05) is 127 Å². The van der Waals surface area contributed by atoms with Crippen molar-refractivity contribution < 1.29 is 4.42 Å². The molecule has 0 radical (unpaired) electrons. The van der Waals surface area contributed by atoms with E-state index in [0.29, 0.717) is 0 Å². The van der Waals surface area contributed by atoms with Crippen LogP contribution in [-0.4, -0.2) is 0 Å². The zero-order chi connectivity index (χ0) is 32.3. The van der Waals surface area contributed by atoms with Crippen LogP contribution in [0, 0.1) is 0 Å². The van der Waals surface area contributed by atoms with E-state index in [9.17, 15) is 0 Å². The van der Waals surface area contributed by atoms with Crippen molar-refractivity contribution >= 4 is 81.3 Å². The molecule has 0 saturated carbocycles. The van der Waals surface area contributed by atoms with Crippen LogP contribution >= 0.6 is 11.3 Å². The van der Waals surface area contributed by atoms with Gasteiger partial charge < -0.3 is 9.32 Å². The summed E-state index contributed by atoms with van der Waals surface area (Å²) in [6.45, 7) is 0. The van der Waals surface area contributed by atoms with Crippen molar-refractivity contribution in [3.8, 4) is 22.3 Å². The first-order valence-corrected chi connectivity index (χ1v) is 17.4. The third kappa shape index (κ3) is 4.55. The summed E-state index contributed by atoms with van der Waals surface area (Å²) in [4.78, 5) is 2.43. The van der Waals surface area contributed by atoms with Crippen molar-refractivity contribution in [1.82, 2.24) is 0 Å². The molecule has 230 valence electrons. The average molecular weight is 644 g/mol. The van der Waals surface area contributed by atoms with Gasteiger partial charge in [0.1, 0.15) is 11.2 Å². The van der Waals surface area contributed by atoms with Gasteiger partial charge in [0.05, 0.1) is 21.5 Å². The Morgan fingerprint density at radius 1 is 0.449 bits per heavy atom. The van der Waals surface area contributed by atoms with Gasteiger partial charge in [0.15, 0.2) is 0 Å². The molecule has 0 spiro atoms. The van der Waals surface area contributed by atoms with Crippen molar-refractivity contribution in [3.05, 3.63) is 176 Å². The predicted octanol–water partition coefficient (Wildman–Crippen LogP) is 13.9. The van der Waals surface area contributed by atoms with Crippen LogP contribution in [0.5, 0.6) is 0 Å². The van der Waals surface area contributed by atoms with Gasteiger partial charge in [-0.2, -0.15) is 0 Å². The normalized spacial score (nSPS) is 11.7. The Morgan fingerprint density at radius 3 is 2.04 bits per heavy atom. The van der Waals surface area contributed by atoms with E-state index in [2.05, 4.69) is 175 Å². The second-order valence-corrected chi connectivity index (χ2v) is 13.5. The maximum atomic E-state index is 6.72. The van der Waals surface area contributed by atoms with Crippen LogP contribution < -0.4 is 4.90 Å². The Kier molecular flexibility index (Phi) is 6.39. The summed E-state index contributed by atoms with van der Waals surface area (Å²) in [5.74, 6) is 0. The predicted molar refractivity (Wildman–Crippen MR) is 210 cm³/mol. The lowest BCUT2D eigenvalue weighted by molar-refractivity contribution is 0.670. The largest absolute Gasteiger partial charge is 0.455 e. The number of furan rings is 1. The van der Waals surface area contributed by atoms with Crippen LogP contribution in [0.2, 0.25) is 0 Å². The summed E-state index contributed by atoms with van der Waals surface area (Å²) in [5, 5.41) is 7.26. The van der Waals surface area contributed by atoms with Crippen molar-refractivity contribution in [2.75, 3.05) is 4.90 Å². The van der Waals surface area contributed by atoms with E-state index in [1.807, 2.05) is 17.4 Å². The fourth-order valence-electron chi connectivity index (χ4n) is 7.33. The summed E-state index contributed by atoms with van der Waals surface area (Å²) in [6.07, 6.45) is 0. The van der Waals surface area contributed by atoms with Gasteiger partial charge in [0, 0.05) is 32.1 Å². The van der Waals surface area contributed by atoms with Crippen LogP contribution in [0.1, 0.15) is 0 Å². The second kappa shape index (κ2) is 11.2. The lowest BCUT2D eigenvalue weighted by Gasteiger charge is -2.27. The molecule has 0 unspecified atom stereocenters. The van der Waals surface area contributed by atoms with E-state index in [1.165, 1.54) is 42.1 Å². The Labute approximate surface area is 287 Å². The molecule has 3 heteroatoms. The van der Waals surface area contributed by atoms with Crippen molar-refractivity contribution in [2.24, 2.45) is 0 Å². The number of rotatable bonds is 5. The quantitative estimate of drug-likeness (QED) is 0.186. The van der Waals surface area contributed by atoms with Crippen molar-refractivity contribution in [3.63, 3.8) is 0 Å². The van der Waals surface area contributed by atoms with E-state index >= 15 is 0 Å². The molecule has 0 atom stereocenters. The van der Waals surface area contributed by atoms with Gasteiger partial charge in [0.25, 0.3) is 0 Å². The molecule has 8 aromatic carbocycles. The Morgan fingerprint density at radius 2 is 1.16 bits per heavy atom. The molecule has 0 bridgehead atoms. The monoisotopic (exact) mass is 643 g/mol. The summed E-state index contributed by atoms with van der Waals surface area (Å²) in [5.41, 5.74) is 9.72. The van der Waals surface area contributed by atoms with Crippen molar-refractivity contribution in [1.29, 1.82) is 0 Å². The third-order valence-corrected chi connectivity index (χ3v) is 10.9. The number of para-hydroxylation sites is 1. The minimum absolute atomic E-state index is 0.883. The van der Waals surface area contributed by atoms with Gasteiger partial charge >= 0.3 is 0 Å². The molecule has 2 aromatic heterocycles. The number of anilines is 3. The first-order chi connectivity index (χ1) is 24.3. The van der Waals surface area contributed by atoms with E-state index < -0.39 is 0 Å². The van der Waals surface area contributed by atoms with Gasteiger partial charge in [-0.15, -0.1) is 11.3 Å². The van der Waals surface area contributed by atoms with Crippen LogP contribution in [0.3, 0.4) is 0 Å². The number of thiophene rings is 1. The van der Waals surface area contributed by atoms with Crippen LogP contribution in [0.4, 0.5) is 17.1 Å². The molecule has 0 amide bonds. The van der Waals surface area contributed by atoms with E-state index in [-0.39, 0.29) is 0 Å². The van der Waals surface area contributed by atoms with Crippen LogP contribution in [0.15, 0.2) is 180 Å². The molecular weight excluding hydrogens is 615 g/mol. The van der Waals surface area contributed by atoms with Crippen molar-refractivity contribution in [2.45, 2.75) is 0 Å². The zero-order valence-corrected chi connectivity index (χ0v) is 27.3. The highest BCUT2D eigenvalue weighted by molar-refractivity contribution is 7.26. The van der Waals surface area contributed by atoms with E-state index in [1.54, 1.807) is 0 Å².